The summed E-state index contributed by atoms with van der Waals surface area (Å²) in [6.07, 6.45) is 4.72. The summed E-state index contributed by atoms with van der Waals surface area (Å²) in [7, 11) is 0. The van der Waals surface area contributed by atoms with Gasteiger partial charge in [-0.2, -0.15) is 5.26 Å². The highest BCUT2D eigenvalue weighted by atomic mass is 16.5. The minimum absolute atomic E-state index is 0.108. The lowest BCUT2D eigenvalue weighted by molar-refractivity contribution is 0.00597. The highest BCUT2D eigenvalue weighted by Gasteiger charge is 2.27. The van der Waals surface area contributed by atoms with Crippen LogP contribution in [0.4, 0.5) is 10.5 Å². The summed E-state index contributed by atoms with van der Waals surface area (Å²) < 4.78 is 5.93. The number of piperidine rings is 1. The van der Waals surface area contributed by atoms with Crippen LogP contribution in [0.15, 0.2) is 18.2 Å². The number of nitrogens with one attached hydrogen (secondary N) is 1. The number of nitrogens with zero attached hydrogens (tertiary/aromatic N) is 2. The maximum absolute atomic E-state index is 12.5. The number of anilines is 1. The van der Waals surface area contributed by atoms with Crippen LogP contribution in [0.25, 0.3) is 0 Å². The van der Waals surface area contributed by atoms with Crippen LogP contribution in [-0.4, -0.2) is 36.7 Å². The highest BCUT2D eigenvalue weighted by Crippen LogP contribution is 2.30. The maximum Gasteiger partial charge on any atom is 0.321 e. The van der Waals surface area contributed by atoms with Crippen molar-refractivity contribution in [3.63, 3.8) is 0 Å². The molecule has 0 aromatic heterocycles. The van der Waals surface area contributed by atoms with Crippen molar-refractivity contribution in [3.05, 3.63) is 29.3 Å². The Morgan fingerprint density at radius 2 is 2.26 bits per heavy atom. The number of ether oxygens (including phenoxy) is 1. The summed E-state index contributed by atoms with van der Waals surface area (Å²) in [5.74, 6) is 0.746. The number of carbonyl (C=O) groups is 1. The van der Waals surface area contributed by atoms with Gasteiger partial charge in [-0.1, -0.05) is 6.07 Å². The number of likely N-dealkylation sites (tertiary alicyclic amines) is 1. The molecule has 1 aliphatic carbocycles. The topological polar surface area (TPSA) is 65.4 Å². The zero-order chi connectivity index (χ0) is 16.2. The number of urea groups is 1. The lowest BCUT2D eigenvalue weighted by Gasteiger charge is -2.32. The van der Waals surface area contributed by atoms with Crippen molar-refractivity contribution in [1.82, 2.24) is 4.90 Å². The first-order valence-electron chi connectivity index (χ1n) is 8.34. The van der Waals surface area contributed by atoms with Crippen LogP contribution < -0.4 is 5.32 Å². The van der Waals surface area contributed by atoms with Crippen LogP contribution in [0.5, 0.6) is 0 Å². The molecule has 1 saturated carbocycles. The standard InChI is InChI=1S/C18H23N3O2/c1-13-15(10-19)4-2-6-17(13)20-18(22)21-9-3-5-16(11-21)23-12-14-7-8-14/h2,4,6,14,16H,3,5,7-9,11-12H2,1H3,(H,20,22)/t16-/m1/s1. The molecule has 122 valence electrons. The SMILES string of the molecule is Cc1c(C#N)cccc1NC(=O)N1CCC[C@@H](OCC2CC2)C1. The molecule has 0 bridgehead atoms. The van der Waals surface area contributed by atoms with E-state index in [-0.39, 0.29) is 12.1 Å². The van der Waals surface area contributed by atoms with E-state index in [1.165, 1.54) is 12.8 Å². The number of nitriles is 1. The maximum atomic E-state index is 12.5. The van der Waals surface area contributed by atoms with Crippen molar-refractivity contribution in [2.24, 2.45) is 5.92 Å². The van der Waals surface area contributed by atoms with E-state index >= 15 is 0 Å². The monoisotopic (exact) mass is 313 g/mol. The predicted octanol–water partition coefficient (Wildman–Crippen LogP) is 3.29. The van der Waals surface area contributed by atoms with Crippen molar-refractivity contribution < 1.29 is 9.53 Å². The van der Waals surface area contributed by atoms with E-state index in [0.29, 0.717) is 17.8 Å². The van der Waals surface area contributed by atoms with E-state index < -0.39 is 0 Å². The van der Waals surface area contributed by atoms with Gasteiger partial charge in [0.25, 0.3) is 0 Å². The molecule has 1 saturated heterocycles. The predicted molar refractivity (Wildman–Crippen MR) is 88.2 cm³/mol. The Labute approximate surface area is 137 Å². The Balaban J connectivity index is 1.58. The average Bonchev–Trinajstić information content (AvgIpc) is 3.39. The minimum Gasteiger partial charge on any atom is -0.376 e. The van der Waals surface area contributed by atoms with Crippen molar-refractivity contribution in [3.8, 4) is 6.07 Å². The van der Waals surface area contributed by atoms with Crippen LogP contribution in [0.2, 0.25) is 0 Å². The van der Waals surface area contributed by atoms with E-state index in [9.17, 15) is 4.79 Å². The number of amides is 2. The quantitative estimate of drug-likeness (QED) is 0.927. The molecule has 23 heavy (non-hydrogen) atoms. The molecular weight excluding hydrogens is 290 g/mol. The Hall–Kier alpha value is -2.06. The number of hydrogen-bond donors (Lipinski definition) is 1. The Bertz CT molecular complexity index is 619. The number of benzene rings is 1. The second-order valence-corrected chi connectivity index (χ2v) is 6.51. The highest BCUT2D eigenvalue weighted by molar-refractivity contribution is 5.90. The molecule has 1 aromatic rings. The Morgan fingerprint density at radius 1 is 1.43 bits per heavy atom. The Morgan fingerprint density at radius 3 is 3.00 bits per heavy atom. The van der Waals surface area contributed by atoms with E-state index in [4.69, 9.17) is 10.00 Å². The summed E-state index contributed by atoms with van der Waals surface area (Å²) in [4.78, 5) is 14.3. The zero-order valence-corrected chi connectivity index (χ0v) is 13.5. The fourth-order valence-electron chi connectivity index (χ4n) is 2.90. The number of hydrogen-bond acceptors (Lipinski definition) is 3. The summed E-state index contributed by atoms with van der Waals surface area (Å²) in [5, 5.41) is 12.0. The second-order valence-electron chi connectivity index (χ2n) is 6.51. The molecule has 5 nitrogen and oxygen atoms in total. The van der Waals surface area contributed by atoms with Gasteiger partial charge >= 0.3 is 6.03 Å². The van der Waals surface area contributed by atoms with Gasteiger partial charge in [0.05, 0.1) is 17.7 Å². The van der Waals surface area contributed by atoms with Gasteiger partial charge in [0.15, 0.2) is 0 Å². The molecule has 2 amide bonds. The molecule has 3 rings (SSSR count). The third kappa shape index (κ3) is 4.02. The molecule has 1 aliphatic heterocycles. The van der Waals surface area contributed by atoms with E-state index in [0.717, 1.165) is 37.5 Å². The van der Waals surface area contributed by atoms with E-state index in [1.807, 2.05) is 17.9 Å². The minimum atomic E-state index is -0.108. The molecule has 0 spiro atoms. The third-order valence-electron chi connectivity index (χ3n) is 4.63. The average molecular weight is 313 g/mol. The van der Waals surface area contributed by atoms with Crippen molar-refractivity contribution in [1.29, 1.82) is 5.26 Å². The lowest BCUT2D eigenvalue weighted by Crippen LogP contribution is -2.45. The van der Waals surface area contributed by atoms with Crippen LogP contribution >= 0.6 is 0 Å². The zero-order valence-electron chi connectivity index (χ0n) is 13.5. The van der Waals surface area contributed by atoms with E-state index in [1.54, 1.807) is 12.1 Å². The first kappa shape index (κ1) is 15.8. The van der Waals surface area contributed by atoms with Crippen LogP contribution in [0, 0.1) is 24.2 Å². The van der Waals surface area contributed by atoms with Gasteiger partial charge in [-0.25, -0.2) is 4.79 Å². The fraction of sp³-hybridized carbons (Fsp3) is 0.556. The number of carbonyl (C=O) groups excluding carboxylic acids is 1. The first-order chi connectivity index (χ1) is 11.2. The van der Waals surface area contributed by atoms with Crippen molar-refractivity contribution >= 4 is 11.7 Å². The normalized spacial score (nSPS) is 20.9. The third-order valence-corrected chi connectivity index (χ3v) is 4.63. The molecule has 1 N–H and O–H groups in total. The van der Waals surface area contributed by atoms with Crippen LogP contribution in [-0.2, 0) is 4.74 Å². The summed E-state index contributed by atoms with van der Waals surface area (Å²) >= 11 is 0. The first-order valence-corrected chi connectivity index (χ1v) is 8.34. The smallest absolute Gasteiger partial charge is 0.321 e. The molecule has 0 radical (unpaired) electrons. The molecule has 1 heterocycles. The molecule has 1 aromatic carbocycles. The summed E-state index contributed by atoms with van der Waals surface area (Å²) in [6.45, 7) is 4.09. The van der Waals surface area contributed by atoms with Gasteiger partial charge in [0, 0.05) is 25.4 Å². The van der Waals surface area contributed by atoms with Gasteiger partial charge in [0.2, 0.25) is 0 Å². The van der Waals surface area contributed by atoms with E-state index in [2.05, 4.69) is 11.4 Å². The van der Waals surface area contributed by atoms with Gasteiger partial charge in [-0.15, -0.1) is 0 Å². The summed E-state index contributed by atoms with van der Waals surface area (Å²) in [5.41, 5.74) is 2.10. The molecule has 2 fully saturated rings. The molecular formula is C18H23N3O2. The molecule has 1 atom stereocenters. The van der Waals surface area contributed by atoms with Crippen LogP contribution in [0.3, 0.4) is 0 Å². The number of rotatable bonds is 4. The van der Waals surface area contributed by atoms with Gasteiger partial charge in [0.1, 0.15) is 0 Å². The second kappa shape index (κ2) is 7.01. The van der Waals surface area contributed by atoms with Gasteiger partial charge in [-0.05, 0) is 56.2 Å². The largest absolute Gasteiger partial charge is 0.376 e. The van der Waals surface area contributed by atoms with Gasteiger partial charge < -0.3 is 15.0 Å². The molecule has 5 heteroatoms. The van der Waals surface area contributed by atoms with Crippen LogP contribution in [0.1, 0.15) is 36.8 Å². The van der Waals surface area contributed by atoms with Crippen molar-refractivity contribution in [2.75, 3.05) is 25.0 Å². The molecule has 0 unspecified atom stereocenters. The van der Waals surface area contributed by atoms with Crippen molar-refractivity contribution in [2.45, 2.75) is 38.7 Å². The summed E-state index contributed by atoms with van der Waals surface area (Å²) in [6, 6.07) is 7.42. The lowest BCUT2D eigenvalue weighted by atomic mass is 10.1. The Kier molecular flexibility index (Phi) is 4.82. The van der Waals surface area contributed by atoms with Gasteiger partial charge in [-0.3, -0.25) is 0 Å². The molecule has 2 aliphatic rings. The fourth-order valence-corrected chi connectivity index (χ4v) is 2.90.